The highest BCUT2D eigenvalue weighted by atomic mass is 35.5. The van der Waals surface area contributed by atoms with Crippen molar-refractivity contribution in [3.63, 3.8) is 0 Å². The number of likely N-dealkylation sites (tertiary alicyclic amines) is 1. The number of hydrogen-bond donors (Lipinski definition) is 1. The van der Waals surface area contributed by atoms with Gasteiger partial charge in [-0.2, -0.15) is 0 Å². The number of nitrogens with zero attached hydrogens (tertiary/aromatic N) is 2. The summed E-state index contributed by atoms with van der Waals surface area (Å²) in [7, 11) is 1.95. The first-order chi connectivity index (χ1) is 12.2. The number of halogens is 3. The van der Waals surface area contributed by atoms with Crippen molar-refractivity contribution in [1.29, 1.82) is 0 Å². The molecule has 5 nitrogen and oxygen atoms in total. The number of nitrogens with one attached hydrogen (secondary N) is 1. The molecule has 2 aliphatic rings. The van der Waals surface area contributed by atoms with Crippen LogP contribution in [-0.4, -0.2) is 68.7 Å². The van der Waals surface area contributed by atoms with Gasteiger partial charge in [-0.25, -0.2) is 4.39 Å². The molecule has 0 aliphatic carbocycles. The molecule has 0 bridgehead atoms. The van der Waals surface area contributed by atoms with Crippen LogP contribution in [0.4, 0.5) is 4.39 Å². The van der Waals surface area contributed by atoms with Crippen LogP contribution < -0.4 is 5.32 Å². The Hall–Kier alpha value is -0.920. The second kappa shape index (κ2) is 11.8. The van der Waals surface area contributed by atoms with Crippen molar-refractivity contribution in [2.45, 2.75) is 18.9 Å². The highest BCUT2D eigenvalue weighted by Crippen LogP contribution is 2.27. The number of morpholine rings is 1. The number of carbonyl (C=O) groups is 1. The Bertz CT molecular complexity index is 586. The quantitative estimate of drug-likeness (QED) is 0.792. The molecule has 2 atom stereocenters. The first-order valence-corrected chi connectivity index (χ1v) is 9.19. The smallest absolute Gasteiger partial charge is 0.244 e. The van der Waals surface area contributed by atoms with E-state index in [1.165, 1.54) is 12.1 Å². The molecule has 2 saturated heterocycles. The summed E-state index contributed by atoms with van der Waals surface area (Å²) in [6, 6.07) is 6.04. The van der Waals surface area contributed by atoms with Crippen LogP contribution in [-0.2, 0) is 9.53 Å². The summed E-state index contributed by atoms with van der Waals surface area (Å²) in [6.07, 6.45) is 2.17. The Kier molecular flexibility index (Phi) is 10.6. The van der Waals surface area contributed by atoms with E-state index in [9.17, 15) is 9.18 Å². The summed E-state index contributed by atoms with van der Waals surface area (Å²) in [5.74, 6) is 0.282. The van der Waals surface area contributed by atoms with Gasteiger partial charge in [0.25, 0.3) is 0 Å². The van der Waals surface area contributed by atoms with Crippen molar-refractivity contribution in [2.75, 3.05) is 53.0 Å². The maximum atomic E-state index is 13.8. The van der Waals surface area contributed by atoms with Gasteiger partial charge in [0.1, 0.15) is 11.9 Å². The van der Waals surface area contributed by atoms with E-state index in [1.54, 1.807) is 6.07 Å². The lowest BCUT2D eigenvalue weighted by Crippen LogP contribution is -2.50. The third-order valence-corrected chi connectivity index (χ3v) is 5.13. The van der Waals surface area contributed by atoms with Gasteiger partial charge in [-0.1, -0.05) is 12.1 Å². The monoisotopic (exact) mass is 421 g/mol. The van der Waals surface area contributed by atoms with Crippen molar-refractivity contribution < 1.29 is 13.9 Å². The maximum absolute atomic E-state index is 13.8. The standard InChI is InChI=1S/C19H28FN3O2.2ClH/c1-21-13-15-4-3-7-23(14-15)19(24)18(22-8-10-25-11-9-22)16-5-2-6-17(20)12-16;;/h2,5-6,12,15,18,21H,3-4,7-11,13-14H2,1H3;2*1H. The molecule has 2 unspecified atom stereocenters. The molecule has 154 valence electrons. The lowest BCUT2D eigenvalue weighted by molar-refractivity contribution is -0.141. The Morgan fingerprint density at radius 1 is 1.30 bits per heavy atom. The summed E-state index contributed by atoms with van der Waals surface area (Å²) in [6.45, 7) is 5.10. The molecule has 3 rings (SSSR count). The average Bonchev–Trinajstić information content (AvgIpc) is 2.63. The fraction of sp³-hybridized carbons (Fsp3) is 0.632. The third-order valence-electron chi connectivity index (χ3n) is 5.13. The first-order valence-electron chi connectivity index (χ1n) is 9.19. The zero-order chi connectivity index (χ0) is 17.6. The van der Waals surface area contributed by atoms with Crippen molar-refractivity contribution >= 4 is 30.7 Å². The predicted octanol–water partition coefficient (Wildman–Crippen LogP) is 2.50. The number of amides is 1. The van der Waals surface area contributed by atoms with Gasteiger partial charge >= 0.3 is 0 Å². The molecule has 1 amide bonds. The molecular weight excluding hydrogens is 392 g/mol. The van der Waals surface area contributed by atoms with Gasteiger partial charge < -0.3 is 15.0 Å². The van der Waals surface area contributed by atoms with Gasteiger partial charge in [0, 0.05) is 26.2 Å². The molecular formula is C19H30Cl2FN3O2. The van der Waals surface area contributed by atoms with E-state index >= 15 is 0 Å². The van der Waals surface area contributed by atoms with Crippen molar-refractivity contribution in [3.8, 4) is 0 Å². The molecule has 1 aromatic rings. The molecule has 0 spiro atoms. The Morgan fingerprint density at radius 3 is 2.70 bits per heavy atom. The SMILES string of the molecule is CNCC1CCCN(C(=O)C(c2cccc(F)c2)N2CCOCC2)C1.Cl.Cl. The fourth-order valence-corrected chi connectivity index (χ4v) is 3.92. The van der Waals surface area contributed by atoms with Gasteiger partial charge in [-0.3, -0.25) is 9.69 Å². The van der Waals surface area contributed by atoms with E-state index in [4.69, 9.17) is 4.74 Å². The van der Waals surface area contributed by atoms with Crippen LogP contribution in [0.15, 0.2) is 24.3 Å². The Morgan fingerprint density at radius 2 is 2.04 bits per heavy atom. The summed E-state index contributed by atoms with van der Waals surface area (Å²) < 4.78 is 19.2. The summed E-state index contributed by atoms with van der Waals surface area (Å²) in [5.41, 5.74) is 0.739. The highest BCUT2D eigenvalue weighted by Gasteiger charge is 2.34. The molecule has 2 fully saturated rings. The van der Waals surface area contributed by atoms with E-state index in [0.717, 1.165) is 38.0 Å². The van der Waals surface area contributed by atoms with E-state index < -0.39 is 6.04 Å². The maximum Gasteiger partial charge on any atom is 0.244 e. The minimum atomic E-state index is -0.423. The van der Waals surface area contributed by atoms with Crippen molar-refractivity contribution in [2.24, 2.45) is 5.92 Å². The van der Waals surface area contributed by atoms with Crippen molar-refractivity contribution in [1.82, 2.24) is 15.1 Å². The average molecular weight is 422 g/mol. The largest absolute Gasteiger partial charge is 0.379 e. The number of ether oxygens (including phenoxy) is 1. The number of piperidine rings is 1. The van der Waals surface area contributed by atoms with E-state index in [1.807, 2.05) is 18.0 Å². The zero-order valence-corrected chi connectivity index (χ0v) is 17.4. The molecule has 1 aromatic carbocycles. The molecule has 1 N–H and O–H groups in total. The number of carbonyl (C=O) groups excluding carboxylic acids is 1. The van der Waals surface area contributed by atoms with Crippen LogP contribution in [0.3, 0.4) is 0 Å². The lowest BCUT2D eigenvalue weighted by atomic mass is 9.95. The normalized spacial score (nSPS) is 21.7. The van der Waals surface area contributed by atoms with Crippen molar-refractivity contribution in [3.05, 3.63) is 35.6 Å². The van der Waals surface area contributed by atoms with Gasteiger partial charge in [-0.05, 0) is 50.0 Å². The summed E-state index contributed by atoms with van der Waals surface area (Å²) in [5, 5.41) is 3.21. The van der Waals surface area contributed by atoms with Crippen LogP contribution >= 0.6 is 24.8 Å². The summed E-state index contributed by atoms with van der Waals surface area (Å²) in [4.78, 5) is 17.5. The van der Waals surface area contributed by atoms with Crippen LogP contribution in [0.5, 0.6) is 0 Å². The summed E-state index contributed by atoms with van der Waals surface area (Å²) >= 11 is 0. The highest BCUT2D eigenvalue weighted by molar-refractivity contribution is 5.85. The predicted molar refractivity (Wildman–Crippen MR) is 109 cm³/mol. The fourth-order valence-electron chi connectivity index (χ4n) is 3.92. The van der Waals surface area contributed by atoms with Gasteiger partial charge in [0.15, 0.2) is 0 Å². The third kappa shape index (κ3) is 6.29. The minimum Gasteiger partial charge on any atom is -0.379 e. The van der Waals surface area contributed by atoms with Crippen LogP contribution in [0.1, 0.15) is 24.4 Å². The molecule has 0 radical (unpaired) electrons. The molecule has 2 aliphatic heterocycles. The van der Waals surface area contributed by atoms with E-state index in [2.05, 4.69) is 10.2 Å². The topological polar surface area (TPSA) is 44.8 Å². The molecule has 2 heterocycles. The van der Waals surface area contributed by atoms with Crippen LogP contribution in [0.2, 0.25) is 0 Å². The minimum absolute atomic E-state index is 0. The molecule has 27 heavy (non-hydrogen) atoms. The molecule has 8 heteroatoms. The number of benzene rings is 1. The van der Waals surface area contributed by atoms with Crippen LogP contribution in [0.25, 0.3) is 0 Å². The van der Waals surface area contributed by atoms with Gasteiger partial charge in [-0.15, -0.1) is 24.8 Å². The van der Waals surface area contributed by atoms with Crippen LogP contribution in [0, 0.1) is 11.7 Å². The van der Waals surface area contributed by atoms with Gasteiger partial charge in [0.2, 0.25) is 5.91 Å². The second-order valence-electron chi connectivity index (χ2n) is 6.96. The van der Waals surface area contributed by atoms with E-state index in [-0.39, 0.29) is 36.5 Å². The second-order valence-corrected chi connectivity index (χ2v) is 6.96. The Balaban J connectivity index is 0.00000182. The van der Waals surface area contributed by atoms with E-state index in [0.29, 0.717) is 32.2 Å². The molecule has 0 aromatic heterocycles. The molecule has 0 saturated carbocycles. The number of hydrogen-bond acceptors (Lipinski definition) is 4. The van der Waals surface area contributed by atoms with Gasteiger partial charge in [0.05, 0.1) is 13.2 Å². The zero-order valence-electron chi connectivity index (χ0n) is 15.7. The first kappa shape index (κ1) is 24.1. The lowest BCUT2D eigenvalue weighted by Gasteiger charge is -2.39. The Labute approximate surface area is 173 Å². The number of rotatable bonds is 5.